The Morgan fingerprint density at radius 2 is 1.04 bits per heavy atom. The lowest BCUT2D eigenvalue weighted by atomic mass is 10.0. The van der Waals surface area contributed by atoms with Crippen LogP contribution in [0.15, 0.2) is 12.3 Å². The zero-order valence-corrected chi connectivity index (χ0v) is 18.2. The van der Waals surface area contributed by atoms with E-state index in [0.29, 0.717) is 6.54 Å². The summed E-state index contributed by atoms with van der Waals surface area (Å²) in [5.41, 5.74) is 0. The number of nitrogens with zero attached hydrogens (tertiary/aromatic N) is 1. The third-order valence-electron chi connectivity index (χ3n) is 5.25. The summed E-state index contributed by atoms with van der Waals surface area (Å²) in [6.07, 6.45) is 24.5. The van der Waals surface area contributed by atoms with E-state index >= 15 is 0 Å². The molecule has 0 heterocycles. The van der Waals surface area contributed by atoms with Crippen molar-refractivity contribution in [1.82, 2.24) is 4.90 Å². The van der Waals surface area contributed by atoms with Gasteiger partial charge in [-0.3, -0.25) is 0 Å². The summed E-state index contributed by atoms with van der Waals surface area (Å²) in [5, 5.41) is 28.5. The molecule has 0 bridgehead atoms. The fourth-order valence-electron chi connectivity index (χ4n) is 3.47. The van der Waals surface area contributed by atoms with Crippen LogP contribution in [-0.4, -0.2) is 39.3 Å². The number of hydrogen-bond acceptors (Lipinski definition) is 4. The molecule has 4 heteroatoms. The van der Waals surface area contributed by atoms with Crippen LogP contribution in [0.1, 0.15) is 117 Å². The van der Waals surface area contributed by atoms with Crippen molar-refractivity contribution in [2.24, 2.45) is 0 Å². The predicted molar refractivity (Wildman–Crippen MR) is 115 cm³/mol. The van der Waals surface area contributed by atoms with E-state index in [-0.39, 0.29) is 0 Å². The Bertz CT molecular complexity index is 332. The normalized spacial score (nSPS) is 12.2. The van der Waals surface area contributed by atoms with Crippen LogP contribution >= 0.6 is 0 Å². The standard InChI is InChI=1S/C23H47NO3/c1-3-5-6-7-8-9-10-11-12-13-14-15-16-17-18-19-21-24(20-4-2)23(26,27)22-25/h4,20,25-27H,3,5-19,21-22H2,1-2H3/b20-4+. The van der Waals surface area contributed by atoms with E-state index in [0.717, 1.165) is 12.8 Å². The molecule has 0 aromatic carbocycles. The maximum atomic E-state index is 9.72. The van der Waals surface area contributed by atoms with Gasteiger partial charge in [-0.05, 0) is 19.5 Å². The molecule has 0 spiro atoms. The summed E-state index contributed by atoms with van der Waals surface area (Å²) in [6, 6.07) is 0. The van der Waals surface area contributed by atoms with Crippen molar-refractivity contribution in [3.63, 3.8) is 0 Å². The molecule has 0 aliphatic heterocycles. The minimum atomic E-state index is -2.15. The van der Waals surface area contributed by atoms with Crippen LogP contribution in [0.2, 0.25) is 0 Å². The lowest BCUT2D eigenvalue weighted by molar-refractivity contribution is -0.266. The first-order valence-corrected chi connectivity index (χ1v) is 11.5. The topological polar surface area (TPSA) is 63.9 Å². The largest absolute Gasteiger partial charge is 0.389 e. The van der Waals surface area contributed by atoms with Crippen molar-refractivity contribution in [3.8, 4) is 0 Å². The second-order valence-corrected chi connectivity index (χ2v) is 7.91. The SMILES string of the molecule is C/C=C/N(CCCCCCCCCCCCCCCCCC)C(O)(O)CO. The van der Waals surface area contributed by atoms with E-state index in [2.05, 4.69) is 6.92 Å². The lowest BCUT2D eigenvalue weighted by Crippen LogP contribution is -2.49. The summed E-state index contributed by atoms with van der Waals surface area (Å²) in [7, 11) is 0. The molecular weight excluding hydrogens is 338 g/mol. The molecule has 0 radical (unpaired) electrons. The van der Waals surface area contributed by atoms with Gasteiger partial charge in [0.1, 0.15) is 6.61 Å². The van der Waals surface area contributed by atoms with Crippen LogP contribution in [0, 0.1) is 0 Å². The molecule has 27 heavy (non-hydrogen) atoms. The Morgan fingerprint density at radius 3 is 1.37 bits per heavy atom. The summed E-state index contributed by atoms with van der Waals surface area (Å²) >= 11 is 0. The quantitative estimate of drug-likeness (QED) is 0.185. The van der Waals surface area contributed by atoms with Crippen molar-refractivity contribution >= 4 is 0 Å². The summed E-state index contributed by atoms with van der Waals surface area (Å²) in [4.78, 5) is 1.40. The molecular formula is C23H47NO3. The number of unbranched alkanes of at least 4 members (excludes halogenated alkanes) is 15. The van der Waals surface area contributed by atoms with Crippen molar-refractivity contribution < 1.29 is 15.3 Å². The Morgan fingerprint density at radius 1 is 0.667 bits per heavy atom. The molecule has 0 unspecified atom stereocenters. The number of rotatable bonds is 20. The lowest BCUT2D eigenvalue weighted by Gasteiger charge is -2.32. The van der Waals surface area contributed by atoms with Gasteiger partial charge in [-0.2, -0.15) is 0 Å². The molecule has 162 valence electrons. The van der Waals surface area contributed by atoms with Gasteiger partial charge in [0.05, 0.1) is 0 Å². The summed E-state index contributed by atoms with van der Waals surface area (Å²) < 4.78 is 0. The number of aliphatic hydroxyl groups is 3. The molecule has 0 saturated heterocycles. The van der Waals surface area contributed by atoms with Gasteiger partial charge in [0, 0.05) is 6.54 Å². The number of aliphatic hydroxyl groups excluding tert-OH is 1. The molecule has 0 atom stereocenters. The minimum absolute atomic E-state index is 0.552. The highest BCUT2D eigenvalue weighted by molar-refractivity contribution is 4.83. The van der Waals surface area contributed by atoms with Gasteiger partial charge in [-0.1, -0.05) is 109 Å². The molecule has 0 aromatic heterocycles. The molecule has 0 aliphatic rings. The van der Waals surface area contributed by atoms with E-state index in [1.807, 2.05) is 6.92 Å². The molecule has 0 rings (SSSR count). The van der Waals surface area contributed by atoms with Gasteiger partial charge >= 0.3 is 0 Å². The molecule has 4 nitrogen and oxygen atoms in total. The van der Waals surface area contributed by atoms with Gasteiger partial charge < -0.3 is 20.2 Å². The van der Waals surface area contributed by atoms with Gasteiger partial charge in [-0.25, -0.2) is 0 Å². The number of allylic oxidation sites excluding steroid dienone is 1. The fraction of sp³-hybridized carbons (Fsp3) is 0.913. The van der Waals surface area contributed by atoms with Crippen LogP contribution in [0.3, 0.4) is 0 Å². The average Bonchev–Trinajstić information content (AvgIpc) is 2.66. The van der Waals surface area contributed by atoms with E-state index in [1.54, 1.807) is 12.3 Å². The van der Waals surface area contributed by atoms with E-state index in [4.69, 9.17) is 5.11 Å². The van der Waals surface area contributed by atoms with Crippen LogP contribution in [0.25, 0.3) is 0 Å². The first kappa shape index (κ1) is 26.4. The summed E-state index contributed by atoms with van der Waals surface area (Å²) in [5.74, 6) is -2.15. The highest BCUT2D eigenvalue weighted by Crippen LogP contribution is 2.15. The zero-order chi connectivity index (χ0) is 20.2. The maximum absolute atomic E-state index is 9.72. The Kier molecular flexibility index (Phi) is 18.4. The van der Waals surface area contributed by atoms with Gasteiger partial charge in [-0.15, -0.1) is 0 Å². The molecule has 3 N–H and O–H groups in total. The van der Waals surface area contributed by atoms with Crippen molar-refractivity contribution in [2.45, 2.75) is 122 Å². The predicted octanol–water partition coefficient (Wildman–Crippen LogP) is 5.71. The van der Waals surface area contributed by atoms with Crippen LogP contribution in [-0.2, 0) is 0 Å². The van der Waals surface area contributed by atoms with Gasteiger partial charge in [0.25, 0.3) is 5.91 Å². The molecule has 0 aromatic rings. The Balaban J connectivity index is 3.38. The molecule has 0 amide bonds. The molecule has 0 aliphatic carbocycles. The Hall–Kier alpha value is -0.580. The highest BCUT2D eigenvalue weighted by atomic mass is 16.5. The van der Waals surface area contributed by atoms with Crippen LogP contribution in [0.5, 0.6) is 0 Å². The first-order valence-electron chi connectivity index (χ1n) is 11.5. The first-order chi connectivity index (χ1) is 13.1. The monoisotopic (exact) mass is 385 g/mol. The highest BCUT2D eigenvalue weighted by Gasteiger charge is 2.27. The Labute approximate surface area is 168 Å². The van der Waals surface area contributed by atoms with Crippen LogP contribution in [0.4, 0.5) is 0 Å². The minimum Gasteiger partial charge on any atom is -0.389 e. The van der Waals surface area contributed by atoms with E-state index in [1.165, 1.54) is 94.8 Å². The zero-order valence-electron chi connectivity index (χ0n) is 18.2. The average molecular weight is 386 g/mol. The van der Waals surface area contributed by atoms with Gasteiger partial charge in [0.15, 0.2) is 0 Å². The maximum Gasteiger partial charge on any atom is 0.270 e. The van der Waals surface area contributed by atoms with Crippen molar-refractivity contribution in [3.05, 3.63) is 12.3 Å². The van der Waals surface area contributed by atoms with E-state index in [9.17, 15) is 10.2 Å². The third-order valence-corrected chi connectivity index (χ3v) is 5.25. The summed E-state index contributed by atoms with van der Waals surface area (Å²) in [6.45, 7) is 3.97. The third kappa shape index (κ3) is 16.1. The molecule has 0 fully saturated rings. The van der Waals surface area contributed by atoms with Crippen LogP contribution < -0.4 is 0 Å². The van der Waals surface area contributed by atoms with E-state index < -0.39 is 12.5 Å². The smallest absolute Gasteiger partial charge is 0.270 e. The fourth-order valence-corrected chi connectivity index (χ4v) is 3.47. The van der Waals surface area contributed by atoms with Gasteiger partial charge in [0.2, 0.25) is 0 Å². The second kappa shape index (κ2) is 18.8. The van der Waals surface area contributed by atoms with Crippen molar-refractivity contribution in [1.29, 1.82) is 0 Å². The molecule has 0 saturated carbocycles. The number of hydrogen-bond donors (Lipinski definition) is 3. The van der Waals surface area contributed by atoms with Crippen molar-refractivity contribution in [2.75, 3.05) is 13.2 Å². The second-order valence-electron chi connectivity index (χ2n) is 7.91.